The second kappa shape index (κ2) is 16.7. The van der Waals surface area contributed by atoms with Gasteiger partial charge in [0.25, 0.3) is 0 Å². The van der Waals surface area contributed by atoms with Crippen molar-refractivity contribution in [2.75, 3.05) is 19.6 Å². The third kappa shape index (κ3) is 14.0. The number of carbonyl (C=O) groups excluding carboxylic acids is 3. The minimum Gasteiger partial charge on any atom is -0.480 e. The molecule has 0 fully saturated rings. The number of rotatable bonds is 17. The van der Waals surface area contributed by atoms with Crippen molar-refractivity contribution in [3.63, 3.8) is 0 Å². The molecule has 0 aromatic carbocycles. The zero-order chi connectivity index (χ0) is 25.4. The summed E-state index contributed by atoms with van der Waals surface area (Å²) < 4.78 is 0. The molecule has 0 aliphatic rings. The van der Waals surface area contributed by atoms with E-state index in [4.69, 9.17) is 22.9 Å². The van der Waals surface area contributed by atoms with Crippen molar-refractivity contribution in [2.24, 2.45) is 33.8 Å². The fraction of sp³-hybridized carbons (Fsp3) is 0.750. The maximum absolute atomic E-state index is 12.9. The van der Waals surface area contributed by atoms with Gasteiger partial charge in [-0.2, -0.15) is 0 Å². The Balaban J connectivity index is 5.32. The molecule has 0 radical (unpaired) electrons. The second-order valence-electron chi connectivity index (χ2n) is 8.15. The summed E-state index contributed by atoms with van der Waals surface area (Å²) in [6, 6.07) is -3.04. The second-order valence-corrected chi connectivity index (χ2v) is 8.15. The van der Waals surface area contributed by atoms with Crippen LogP contribution in [0.15, 0.2) is 4.99 Å². The smallest absolute Gasteiger partial charge is 0.326 e. The highest BCUT2D eigenvalue weighted by molar-refractivity contribution is 5.93. The Hall–Kier alpha value is -2.93. The van der Waals surface area contributed by atoms with Gasteiger partial charge in [0.05, 0.1) is 6.54 Å². The number of hydrogen-bond acceptors (Lipinski definition) is 7. The van der Waals surface area contributed by atoms with Crippen LogP contribution in [0.1, 0.15) is 52.4 Å². The molecule has 3 atom stereocenters. The molecule has 13 heteroatoms. The summed E-state index contributed by atoms with van der Waals surface area (Å²) in [5.74, 6) is -2.91. The van der Waals surface area contributed by atoms with Gasteiger partial charge in [0.15, 0.2) is 5.96 Å². The molecule has 3 amide bonds. The number of nitrogens with two attached hydrogens (primary N) is 4. The van der Waals surface area contributed by atoms with Crippen LogP contribution in [0.5, 0.6) is 0 Å². The number of carbonyl (C=O) groups is 4. The molecule has 33 heavy (non-hydrogen) atoms. The van der Waals surface area contributed by atoms with Gasteiger partial charge in [-0.1, -0.05) is 13.8 Å². The minimum atomic E-state index is -1.21. The molecule has 13 nitrogen and oxygen atoms in total. The highest BCUT2D eigenvalue weighted by atomic mass is 16.4. The lowest BCUT2D eigenvalue weighted by atomic mass is 10.0. The van der Waals surface area contributed by atoms with Crippen LogP contribution in [0.3, 0.4) is 0 Å². The van der Waals surface area contributed by atoms with Crippen LogP contribution in [0.4, 0.5) is 0 Å². The minimum absolute atomic E-state index is 0.0879. The van der Waals surface area contributed by atoms with Crippen molar-refractivity contribution < 1.29 is 24.3 Å². The number of hydrogen-bond donors (Lipinski definition) is 8. The van der Waals surface area contributed by atoms with E-state index in [1.54, 1.807) is 0 Å². The fourth-order valence-electron chi connectivity index (χ4n) is 3.02. The molecular weight excluding hydrogens is 432 g/mol. The summed E-state index contributed by atoms with van der Waals surface area (Å²) in [6.07, 6.45) is 2.21. The first kappa shape index (κ1) is 30.1. The van der Waals surface area contributed by atoms with Gasteiger partial charge in [-0.15, -0.1) is 0 Å². The Bertz CT molecular complexity index is 667. The lowest BCUT2D eigenvalue weighted by Gasteiger charge is -2.25. The molecule has 3 unspecified atom stereocenters. The third-order valence-corrected chi connectivity index (χ3v) is 4.68. The first-order chi connectivity index (χ1) is 15.5. The molecule has 0 bridgehead atoms. The van der Waals surface area contributed by atoms with Crippen molar-refractivity contribution in [1.82, 2.24) is 16.0 Å². The number of carboxylic acids is 1. The molecule has 0 aromatic rings. The molecule has 0 aromatic heterocycles. The molecule has 0 aliphatic heterocycles. The van der Waals surface area contributed by atoms with Crippen molar-refractivity contribution in [2.45, 2.75) is 70.5 Å². The van der Waals surface area contributed by atoms with Crippen LogP contribution < -0.4 is 38.9 Å². The van der Waals surface area contributed by atoms with Gasteiger partial charge in [0.1, 0.15) is 18.1 Å². The number of nitrogens with one attached hydrogen (secondary N) is 3. The van der Waals surface area contributed by atoms with E-state index in [1.807, 2.05) is 13.8 Å². The predicted octanol–water partition coefficient (Wildman–Crippen LogP) is -2.29. The van der Waals surface area contributed by atoms with Crippen LogP contribution in [-0.2, 0) is 19.2 Å². The summed E-state index contributed by atoms with van der Waals surface area (Å²) in [6.45, 7) is 4.13. The summed E-state index contributed by atoms with van der Waals surface area (Å²) >= 11 is 0. The fourth-order valence-corrected chi connectivity index (χ4v) is 3.02. The Morgan fingerprint density at radius 1 is 0.848 bits per heavy atom. The first-order valence-electron chi connectivity index (χ1n) is 11.1. The molecule has 190 valence electrons. The molecule has 0 heterocycles. The standard InChI is InChI=1S/C20H40N8O5/c1-12(2)10-15(26-16(29)11-22)18(31)27-13(6-3-4-8-21)17(30)28-14(19(32)33)7-5-9-25-20(23)24/h12-15H,3-11,21-22H2,1-2H3,(H,26,29)(H,27,31)(H,28,30)(H,32,33)(H4,23,24,25). The van der Waals surface area contributed by atoms with Crippen LogP contribution >= 0.6 is 0 Å². The van der Waals surface area contributed by atoms with Gasteiger partial charge < -0.3 is 44.0 Å². The number of unbranched alkanes of at least 4 members (excludes halogenated alkanes) is 1. The van der Waals surface area contributed by atoms with E-state index in [0.29, 0.717) is 32.2 Å². The van der Waals surface area contributed by atoms with Gasteiger partial charge in [-0.3, -0.25) is 19.4 Å². The average molecular weight is 473 g/mol. The van der Waals surface area contributed by atoms with E-state index >= 15 is 0 Å². The van der Waals surface area contributed by atoms with Gasteiger partial charge in [-0.05, 0) is 51.0 Å². The third-order valence-electron chi connectivity index (χ3n) is 4.68. The zero-order valence-electron chi connectivity index (χ0n) is 19.5. The predicted molar refractivity (Wildman–Crippen MR) is 125 cm³/mol. The highest BCUT2D eigenvalue weighted by Crippen LogP contribution is 2.08. The van der Waals surface area contributed by atoms with Crippen LogP contribution in [0, 0.1) is 5.92 Å². The molecule has 0 spiro atoms. The van der Waals surface area contributed by atoms with Crippen molar-refractivity contribution >= 4 is 29.7 Å². The maximum Gasteiger partial charge on any atom is 0.326 e. The van der Waals surface area contributed by atoms with Gasteiger partial charge in [0.2, 0.25) is 17.7 Å². The molecule has 0 saturated carbocycles. The zero-order valence-corrected chi connectivity index (χ0v) is 19.5. The number of aliphatic carboxylic acids is 1. The molecule has 0 aliphatic carbocycles. The van der Waals surface area contributed by atoms with Crippen molar-refractivity contribution in [3.8, 4) is 0 Å². The summed E-state index contributed by atoms with van der Waals surface area (Å²) in [4.78, 5) is 52.8. The Labute approximate surface area is 194 Å². The molecular formula is C20H40N8O5. The first-order valence-corrected chi connectivity index (χ1v) is 11.1. The Morgan fingerprint density at radius 2 is 1.42 bits per heavy atom. The topological polar surface area (TPSA) is 241 Å². The van der Waals surface area contributed by atoms with Crippen LogP contribution in [-0.4, -0.2) is 72.5 Å². The lowest BCUT2D eigenvalue weighted by molar-refractivity contribution is -0.142. The van der Waals surface area contributed by atoms with E-state index in [2.05, 4.69) is 20.9 Å². The number of carboxylic acid groups (broad SMARTS) is 1. The summed E-state index contributed by atoms with van der Waals surface area (Å²) in [7, 11) is 0. The number of nitrogens with zero attached hydrogens (tertiary/aromatic N) is 1. The van der Waals surface area contributed by atoms with Crippen molar-refractivity contribution in [1.29, 1.82) is 0 Å². The van der Waals surface area contributed by atoms with Gasteiger partial charge >= 0.3 is 5.97 Å². The Morgan fingerprint density at radius 3 is 1.94 bits per heavy atom. The van der Waals surface area contributed by atoms with E-state index in [9.17, 15) is 24.3 Å². The maximum atomic E-state index is 12.9. The van der Waals surface area contributed by atoms with Crippen LogP contribution in [0.2, 0.25) is 0 Å². The van der Waals surface area contributed by atoms with E-state index in [0.717, 1.165) is 0 Å². The van der Waals surface area contributed by atoms with Crippen molar-refractivity contribution in [3.05, 3.63) is 0 Å². The average Bonchev–Trinajstić information content (AvgIpc) is 2.73. The highest BCUT2D eigenvalue weighted by Gasteiger charge is 2.29. The SMILES string of the molecule is CC(C)CC(NC(=O)CN)C(=O)NC(CCCCN)C(=O)NC(CCCN=C(N)N)C(=O)O. The van der Waals surface area contributed by atoms with Gasteiger partial charge in [-0.25, -0.2) is 4.79 Å². The van der Waals surface area contributed by atoms with E-state index in [-0.39, 0.29) is 37.8 Å². The summed E-state index contributed by atoms with van der Waals surface area (Å²) in [5, 5.41) is 17.1. The van der Waals surface area contributed by atoms with Gasteiger partial charge in [0, 0.05) is 6.54 Å². The molecule has 12 N–H and O–H groups in total. The van der Waals surface area contributed by atoms with E-state index < -0.39 is 41.8 Å². The monoisotopic (exact) mass is 472 g/mol. The summed E-state index contributed by atoms with van der Waals surface area (Å²) in [5.41, 5.74) is 21.3. The Kier molecular flexibility index (Phi) is 15.2. The number of aliphatic imine (C=N–C) groups is 1. The van der Waals surface area contributed by atoms with E-state index in [1.165, 1.54) is 0 Å². The molecule has 0 rings (SSSR count). The largest absolute Gasteiger partial charge is 0.480 e. The van der Waals surface area contributed by atoms with Crippen LogP contribution in [0.25, 0.3) is 0 Å². The number of amides is 3. The number of guanidine groups is 1. The molecule has 0 saturated heterocycles. The normalized spacial score (nSPS) is 13.5. The quantitative estimate of drug-likeness (QED) is 0.0644. The lowest BCUT2D eigenvalue weighted by Crippen LogP contribution is -2.56.